The Balaban J connectivity index is 1.59. The van der Waals surface area contributed by atoms with Crippen molar-refractivity contribution in [2.45, 2.75) is 6.61 Å². The number of hydrogen-bond acceptors (Lipinski definition) is 5. The molecule has 0 N–H and O–H groups in total. The number of carbonyl (C=O) groups is 1. The zero-order valence-electron chi connectivity index (χ0n) is 17.8. The minimum Gasteiger partial charge on any atom is -0.493 e. The molecule has 1 heterocycles. The Kier molecular flexibility index (Phi) is 8.74. The van der Waals surface area contributed by atoms with Gasteiger partial charge < -0.3 is 9.47 Å². The lowest BCUT2D eigenvalue weighted by atomic mass is 10.1. The molecule has 1 aliphatic heterocycles. The monoisotopic (exact) mass is 691 g/mol. The molecule has 0 spiro atoms. The summed E-state index contributed by atoms with van der Waals surface area (Å²) in [6, 6.07) is 14.1. The molecule has 0 bridgehead atoms. The van der Waals surface area contributed by atoms with E-state index in [-0.39, 0.29) is 12.5 Å². The molecule has 1 fully saturated rings. The van der Waals surface area contributed by atoms with Crippen LogP contribution < -0.4 is 14.4 Å². The van der Waals surface area contributed by atoms with Crippen molar-refractivity contribution in [3.63, 3.8) is 0 Å². The van der Waals surface area contributed by atoms with Crippen molar-refractivity contribution < 1.29 is 14.3 Å². The molecular weight excluding hydrogens is 681 g/mol. The average molecular weight is 695 g/mol. The number of carbonyl (C=O) groups excluding carboxylic acids is 1. The number of thioether (sulfide) groups is 1. The first-order valence-corrected chi connectivity index (χ1v) is 13.8. The SMILES string of the molecule is COc1cc(/C=C2/SC(=S)N(c3ccc(Br)c(Cl)c3)C2=O)cc(Br)c1OCc1ccc(Cl)cc1Cl. The van der Waals surface area contributed by atoms with E-state index in [1.54, 1.807) is 55.7 Å². The highest BCUT2D eigenvalue weighted by Gasteiger charge is 2.33. The second kappa shape index (κ2) is 11.4. The quantitative estimate of drug-likeness (QED) is 0.190. The summed E-state index contributed by atoms with van der Waals surface area (Å²) in [5.74, 6) is 0.768. The summed E-state index contributed by atoms with van der Waals surface area (Å²) in [7, 11) is 1.55. The lowest BCUT2D eigenvalue weighted by Crippen LogP contribution is -2.27. The van der Waals surface area contributed by atoms with Gasteiger partial charge >= 0.3 is 0 Å². The van der Waals surface area contributed by atoms with Gasteiger partial charge in [0.25, 0.3) is 5.91 Å². The molecule has 0 saturated carbocycles. The van der Waals surface area contributed by atoms with Crippen molar-refractivity contribution in [1.82, 2.24) is 0 Å². The van der Waals surface area contributed by atoms with Gasteiger partial charge in [-0.25, -0.2) is 0 Å². The number of amides is 1. The lowest BCUT2D eigenvalue weighted by molar-refractivity contribution is -0.113. The summed E-state index contributed by atoms with van der Waals surface area (Å²) >= 11 is 32.0. The molecular formula is C24H14Br2Cl3NO3S2. The highest BCUT2D eigenvalue weighted by Crippen LogP contribution is 2.41. The smallest absolute Gasteiger partial charge is 0.270 e. The number of halogens is 5. The molecule has 4 nitrogen and oxygen atoms in total. The van der Waals surface area contributed by atoms with Gasteiger partial charge in [-0.1, -0.05) is 64.8 Å². The molecule has 35 heavy (non-hydrogen) atoms. The Morgan fingerprint density at radius 3 is 2.49 bits per heavy atom. The Labute approximate surface area is 243 Å². The standard InChI is InChI=1S/C24H14Br2Cl3NO3S2/c1-32-20-7-12(6-17(26)22(20)33-11-13-2-3-14(27)9-18(13)28)8-21-23(31)30(24(34)35-21)15-4-5-16(25)19(29)10-15/h2-10H,11H2,1H3/b21-8+. The molecule has 1 amide bonds. The van der Waals surface area contributed by atoms with Crippen LogP contribution in [0.2, 0.25) is 15.1 Å². The van der Waals surface area contributed by atoms with Gasteiger partial charge in [-0.15, -0.1) is 0 Å². The van der Waals surface area contributed by atoms with Gasteiger partial charge in [0.2, 0.25) is 0 Å². The van der Waals surface area contributed by atoms with Crippen LogP contribution in [-0.2, 0) is 11.4 Å². The molecule has 0 atom stereocenters. The summed E-state index contributed by atoms with van der Waals surface area (Å²) < 4.78 is 13.3. The van der Waals surface area contributed by atoms with Gasteiger partial charge in [0.1, 0.15) is 6.61 Å². The molecule has 0 unspecified atom stereocenters. The predicted octanol–water partition coefficient (Wildman–Crippen LogP) is 9.17. The minimum atomic E-state index is -0.230. The highest BCUT2D eigenvalue weighted by molar-refractivity contribution is 9.10. The maximum Gasteiger partial charge on any atom is 0.270 e. The van der Waals surface area contributed by atoms with Crippen molar-refractivity contribution in [3.8, 4) is 11.5 Å². The third-order valence-electron chi connectivity index (χ3n) is 4.89. The number of anilines is 1. The molecule has 1 aliphatic rings. The van der Waals surface area contributed by atoms with Crippen molar-refractivity contribution in [2.24, 2.45) is 0 Å². The van der Waals surface area contributed by atoms with Crippen LogP contribution in [0.3, 0.4) is 0 Å². The van der Waals surface area contributed by atoms with E-state index in [9.17, 15) is 4.79 Å². The van der Waals surface area contributed by atoms with E-state index < -0.39 is 0 Å². The van der Waals surface area contributed by atoms with Crippen LogP contribution in [0.15, 0.2) is 62.4 Å². The number of ether oxygens (including phenoxy) is 2. The fourth-order valence-corrected chi connectivity index (χ4v) is 5.98. The maximum absolute atomic E-state index is 13.1. The Bertz CT molecular complexity index is 1380. The maximum atomic E-state index is 13.1. The van der Waals surface area contributed by atoms with E-state index in [0.717, 1.165) is 15.6 Å². The molecule has 0 aliphatic carbocycles. The Hall–Kier alpha value is -1.26. The number of rotatable bonds is 6. The van der Waals surface area contributed by atoms with Gasteiger partial charge in [-0.05, 0) is 86.0 Å². The third-order valence-corrected chi connectivity index (χ3v) is 8.60. The summed E-state index contributed by atoms with van der Waals surface area (Å²) in [4.78, 5) is 15.1. The topological polar surface area (TPSA) is 38.8 Å². The first-order chi connectivity index (χ1) is 16.7. The molecule has 0 radical (unpaired) electrons. The van der Waals surface area contributed by atoms with E-state index in [1.807, 2.05) is 6.07 Å². The van der Waals surface area contributed by atoms with Crippen LogP contribution in [0.4, 0.5) is 5.69 Å². The first kappa shape index (κ1) is 26.8. The summed E-state index contributed by atoms with van der Waals surface area (Å²) in [5, 5.41) is 1.55. The van der Waals surface area contributed by atoms with Crippen molar-refractivity contribution in [1.29, 1.82) is 0 Å². The number of thiocarbonyl (C=S) groups is 1. The minimum absolute atomic E-state index is 0.221. The summed E-state index contributed by atoms with van der Waals surface area (Å²) in [5.41, 5.74) is 2.12. The van der Waals surface area contributed by atoms with E-state index in [4.69, 9.17) is 56.5 Å². The second-order valence-electron chi connectivity index (χ2n) is 7.17. The van der Waals surface area contributed by atoms with Crippen LogP contribution in [0.25, 0.3) is 6.08 Å². The van der Waals surface area contributed by atoms with E-state index in [2.05, 4.69) is 31.9 Å². The molecule has 4 rings (SSSR count). The average Bonchev–Trinajstić information content (AvgIpc) is 3.08. The Morgan fingerprint density at radius 2 is 1.80 bits per heavy atom. The van der Waals surface area contributed by atoms with Crippen LogP contribution >= 0.6 is 90.6 Å². The van der Waals surface area contributed by atoms with Gasteiger partial charge in [0, 0.05) is 20.1 Å². The van der Waals surface area contributed by atoms with E-state index >= 15 is 0 Å². The van der Waals surface area contributed by atoms with E-state index in [0.29, 0.717) is 46.0 Å². The molecule has 0 aromatic heterocycles. The molecule has 3 aromatic rings. The normalized spacial score (nSPS) is 14.7. The van der Waals surface area contributed by atoms with Crippen LogP contribution in [0, 0.1) is 0 Å². The number of hydrogen-bond donors (Lipinski definition) is 0. The number of benzene rings is 3. The zero-order chi connectivity index (χ0) is 25.3. The van der Waals surface area contributed by atoms with Gasteiger partial charge in [0.05, 0.1) is 27.2 Å². The summed E-state index contributed by atoms with van der Waals surface area (Å²) in [6.45, 7) is 0.221. The molecule has 1 saturated heterocycles. The zero-order valence-corrected chi connectivity index (χ0v) is 24.9. The van der Waals surface area contributed by atoms with Crippen LogP contribution in [0.1, 0.15) is 11.1 Å². The van der Waals surface area contributed by atoms with Crippen LogP contribution in [0.5, 0.6) is 11.5 Å². The number of nitrogens with zero attached hydrogens (tertiary/aromatic N) is 1. The first-order valence-electron chi connectivity index (χ1n) is 9.85. The number of methoxy groups -OCH3 is 1. The summed E-state index contributed by atoms with van der Waals surface area (Å²) in [6.07, 6.45) is 1.76. The molecule has 11 heteroatoms. The fourth-order valence-electron chi connectivity index (χ4n) is 3.22. The third kappa shape index (κ3) is 6.01. The lowest BCUT2D eigenvalue weighted by Gasteiger charge is -2.15. The van der Waals surface area contributed by atoms with E-state index in [1.165, 1.54) is 16.7 Å². The van der Waals surface area contributed by atoms with Gasteiger partial charge in [-0.2, -0.15) is 0 Å². The van der Waals surface area contributed by atoms with Crippen molar-refractivity contribution >= 4 is 113 Å². The second-order valence-corrected chi connectivity index (χ2v) is 11.8. The highest BCUT2D eigenvalue weighted by atomic mass is 79.9. The van der Waals surface area contributed by atoms with Crippen molar-refractivity contribution in [3.05, 3.63) is 88.6 Å². The van der Waals surface area contributed by atoms with Gasteiger partial charge in [0.15, 0.2) is 15.8 Å². The Morgan fingerprint density at radius 1 is 1.03 bits per heavy atom. The fraction of sp³-hybridized carbons (Fsp3) is 0.0833. The van der Waals surface area contributed by atoms with Gasteiger partial charge in [-0.3, -0.25) is 9.69 Å². The van der Waals surface area contributed by atoms with Crippen molar-refractivity contribution in [2.75, 3.05) is 12.0 Å². The molecule has 180 valence electrons. The largest absolute Gasteiger partial charge is 0.493 e. The molecule has 3 aromatic carbocycles. The predicted molar refractivity (Wildman–Crippen MR) is 156 cm³/mol. The van der Waals surface area contributed by atoms with Crippen LogP contribution in [-0.4, -0.2) is 17.3 Å².